The van der Waals surface area contributed by atoms with Crippen molar-refractivity contribution in [2.45, 2.75) is 0 Å². The van der Waals surface area contributed by atoms with E-state index >= 15 is 0 Å². The molecule has 0 saturated heterocycles. The van der Waals surface area contributed by atoms with Crippen molar-refractivity contribution in [2.75, 3.05) is 0 Å². The zero-order valence-corrected chi connectivity index (χ0v) is 18.7. The van der Waals surface area contributed by atoms with Gasteiger partial charge in [0, 0.05) is 0 Å². The summed E-state index contributed by atoms with van der Waals surface area (Å²) < 4.78 is 0. The Labute approximate surface area is 192 Å². The third kappa shape index (κ3) is 8.27. The summed E-state index contributed by atoms with van der Waals surface area (Å²) in [4.78, 5) is 0. The van der Waals surface area contributed by atoms with Gasteiger partial charge in [-0.25, -0.2) is 0 Å². The van der Waals surface area contributed by atoms with Crippen LogP contribution >= 0.6 is 0 Å². The molecule has 0 unspecified atom stereocenters. The molecule has 0 aliphatic rings. The Bertz CT molecular complexity index is 818. The molecule has 136 valence electrons. The van der Waals surface area contributed by atoms with Gasteiger partial charge in [0.15, 0.2) is 0 Å². The number of fused-ring (bicyclic) bond motifs is 2. The zero-order valence-electron chi connectivity index (χ0n) is 14.7. The first-order valence-electron chi connectivity index (χ1n) is 8.05. The molecule has 0 fully saturated rings. The summed E-state index contributed by atoms with van der Waals surface area (Å²) in [6.07, 6.45) is 0. The molecule has 0 aliphatic carbocycles. The quantitative estimate of drug-likeness (QED) is 0.292. The van der Waals surface area contributed by atoms with E-state index in [0.29, 0.717) is 0 Å². The number of benzene rings is 3. The van der Waals surface area contributed by atoms with Crippen LogP contribution < -0.4 is 24.8 Å². The zero-order chi connectivity index (χ0) is 16.5. The summed E-state index contributed by atoms with van der Waals surface area (Å²) in [7, 11) is 0. The maximum atomic E-state index is 2.89. The first-order valence-corrected chi connectivity index (χ1v) is 8.05. The Morgan fingerprint density at radius 1 is 0.519 bits per heavy atom. The van der Waals surface area contributed by atoms with Crippen LogP contribution in [0.5, 0.6) is 0 Å². The third-order valence-corrected chi connectivity index (χ3v) is 3.70. The number of hydrogen-bond acceptors (Lipinski definition) is 0. The fourth-order valence-corrected chi connectivity index (χ4v) is 2.48. The molecule has 0 heterocycles. The Balaban J connectivity index is 0.000000363. The van der Waals surface area contributed by atoms with Crippen LogP contribution in [-0.2, 0) is 26.2 Å². The van der Waals surface area contributed by atoms with Gasteiger partial charge in [-0.15, -0.1) is 59.3 Å². The van der Waals surface area contributed by atoms with Crippen LogP contribution in [0.4, 0.5) is 0 Å². The van der Waals surface area contributed by atoms with Crippen LogP contribution in [-0.4, -0.2) is 0 Å². The maximum Gasteiger partial charge on any atom is 2.00 e. The summed E-state index contributed by atoms with van der Waals surface area (Å²) in [6.45, 7) is 0. The molecule has 0 bridgehead atoms. The van der Waals surface area contributed by atoms with Crippen molar-refractivity contribution >= 4 is 21.5 Å². The summed E-state index contributed by atoms with van der Waals surface area (Å²) in [6, 6.07) is 41.8. The average molecular weight is 470 g/mol. The van der Waals surface area contributed by atoms with Crippen molar-refractivity contribution in [3.8, 4) is 0 Å². The van der Waals surface area contributed by atoms with Gasteiger partial charge in [-0.05, 0) is 0 Å². The van der Waals surface area contributed by atoms with Gasteiger partial charge in [0.05, 0.1) is 0 Å². The van der Waals surface area contributed by atoms with Crippen molar-refractivity contribution < 1.29 is 51.0 Å². The molecule has 0 radical (unpaired) electrons. The molecular formula is C24H19Cl2Zr-3. The molecular weight excluding hydrogens is 450 g/mol. The Morgan fingerprint density at radius 3 is 1.30 bits per heavy atom. The standard InChI is InChI=1S/2C9H7.C6H5.2ClH.Zr/c2*1-2-5-9-7-3-6-8(9)4-1;1-2-4-6-5-3-1;;;/h2*1-7H;1-5H;2*1H;/q3*-1;;;+2/p-2. The molecule has 0 nitrogen and oxygen atoms in total. The van der Waals surface area contributed by atoms with E-state index in [1.54, 1.807) is 0 Å². The van der Waals surface area contributed by atoms with Crippen LogP contribution in [0, 0.1) is 6.07 Å². The van der Waals surface area contributed by atoms with Crippen LogP contribution in [0.15, 0.2) is 115 Å². The predicted molar refractivity (Wildman–Crippen MR) is 104 cm³/mol. The molecule has 27 heavy (non-hydrogen) atoms. The fraction of sp³-hybridized carbons (Fsp3) is 0. The van der Waals surface area contributed by atoms with Gasteiger partial charge in [0.2, 0.25) is 0 Å². The average Bonchev–Trinajstić information content (AvgIpc) is 3.33. The van der Waals surface area contributed by atoms with E-state index in [-0.39, 0.29) is 51.0 Å². The molecule has 0 aromatic heterocycles. The van der Waals surface area contributed by atoms with E-state index < -0.39 is 0 Å². The molecule has 5 aromatic carbocycles. The minimum Gasteiger partial charge on any atom is -1.00 e. The molecule has 0 aliphatic heterocycles. The Morgan fingerprint density at radius 2 is 0.963 bits per heavy atom. The summed E-state index contributed by atoms with van der Waals surface area (Å²) in [5.74, 6) is 0. The van der Waals surface area contributed by atoms with E-state index in [2.05, 4.69) is 91.0 Å². The van der Waals surface area contributed by atoms with Crippen LogP contribution in [0.25, 0.3) is 21.5 Å². The van der Waals surface area contributed by atoms with Gasteiger partial charge >= 0.3 is 26.2 Å². The molecule has 0 atom stereocenters. The normalized spacial score (nSPS) is 8.59. The Kier molecular flexibility index (Phi) is 13.5. The van der Waals surface area contributed by atoms with Gasteiger partial charge < -0.3 is 24.8 Å². The summed E-state index contributed by atoms with van der Waals surface area (Å²) in [5, 5.41) is 5.32. The van der Waals surface area contributed by atoms with E-state index in [4.69, 9.17) is 0 Å². The minimum atomic E-state index is 0. The predicted octanol–water partition coefficient (Wildman–Crippen LogP) is 0.610. The van der Waals surface area contributed by atoms with E-state index in [9.17, 15) is 0 Å². The SMILES string of the molecule is [Cl-].[Cl-].[Zr+2].[c-]1ccccc1.c1ccc2[cH-]ccc2c1.c1ccc2[cH-]ccc2c1. The van der Waals surface area contributed by atoms with Crippen molar-refractivity contribution in [2.24, 2.45) is 0 Å². The second-order valence-electron chi connectivity index (χ2n) is 5.39. The topological polar surface area (TPSA) is 0 Å². The van der Waals surface area contributed by atoms with Crippen LogP contribution in [0.2, 0.25) is 0 Å². The third-order valence-electron chi connectivity index (χ3n) is 3.70. The number of hydrogen-bond donors (Lipinski definition) is 0. The van der Waals surface area contributed by atoms with Crippen LogP contribution in [0.1, 0.15) is 0 Å². The van der Waals surface area contributed by atoms with Gasteiger partial charge in [-0.3, -0.25) is 0 Å². The Hall–Kier alpha value is -1.66. The van der Waals surface area contributed by atoms with Crippen molar-refractivity contribution in [1.29, 1.82) is 0 Å². The van der Waals surface area contributed by atoms with Gasteiger partial charge in [0.25, 0.3) is 0 Å². The second kappa shape index (κ2) is 14.4. The minimum absolute atomic E-state index is 0. The molecule has 3 heteroatoms. The molecule has 0 N–H and O–H groups in total. The monoisotopic (exact) mass is 467 g/mol. The number of halogens is 2. The second-order valence-corrected chi connectivity index (χ2v) is 5.39. The van der Waals surface area contributed by atoms with Crippen molar-refractivity contribution in [1.82, 2.24) is 0 Å². The van der Waals surface area contributed by atoms with E-state index in [1.807, 2.05) is 30.3 Å². The number of rotatable bonds is 0. The maximum absolute atomic E-state index is 2.89. The first-order chi connectivity index (χ1) is 11.9. The summed E-state index contributed by atoms with van der Waals surface area (Å²) >= 11 is 0. The van der Waals surface area contributed by atoms with Crippen molar-refractivity contribution in [3.63, 3.8) is 0 Å². The fourth-order valence-electron chi connectivity index (χ4n) is 2.48. The molecule has 0 saturated carbocycles. The first kappa shape index (κ1) is 25.3. The molecule has 5 aromatic rings. The van der Waals surface area contributed by atoms with E-state index in [0.717, 1.165) is 0 Å². The van der Waals surface area contributed by atoms with Gasteiger partial charge in [-0.1, -0.05) is 12.1 Å². The van der Waals surface area contributed by atoms with Crippen LogP contribution in [0.3, 0.4) is 0 Å². The smallest absolute Gasteiger partial charge is 1.00 e. The van der Waals surface area contributed by atoms with Crippen molar-refractivity contribution in [3.05, 3.63) is 121 Å². The summed E-state index contributed by atoms with van der Waals surface area (Å²) in [5.41, 5.74) is 0. The molecule has 0 amide bonds. The largest absolute Gasteiger partial charge is 2.00 e. The van der Waals surface area contributed by atoms with Gasteiger partial charge in [0.1, 0.15) is 0 Å². The molecule has 0 spiro atoms. The molecule has 5 rings (SSSR count). The van der Waals surface area contributed by atoms with E-state index in [1.165, 1.54) is 21.5 Å². The van der Waals surface area contributed by atoms with Gasteiger partial charge in [-0.2, -0.15) is 71.4 Å².